The number of carbonyl (C=O) groups is 1. The van der Waals surface area contributed by atoms with Crippen molar-refractivity contribution < 1.29 is 9.90 Å². The normalized spacial score (nSPS) is 11.3. The van der Waals surface area contributed by atoms with E-state index in [2.05, 4.69) is 47.0 Å². The summed E-state index contributed by atoms with van der Waals surface area (Å²) in [6, 6.07) is 17.1. The first-order valence-electron chi connectivity index (χ1n) is 12.3. The molecule has 0 aliphatic rings. The van der Waals surface area contributed by atoms with Crippen LogP contribution in [0.3, 0.4) is 0 Å². The van der Waals surface area contributed by atoms with Crippen molar-refractivity contribution in [3.63, 3.8) is 0 Å². The van der Waals surface area contributed by atoms with E-state index >= 15 is 0 Å². The van der Waals surface area contributed by atoms with Crippen LogP contribution >= 0.6 is 0 Å². The summed E-state index contributed by atoms with van der Waals surface area (Å²) in [5.41, 5.74) is 2.43. The summed E-state index contributed by atoms with van der Waals surface area (Å²) in [6.45, 7) is 7.25. The number of carbonyl (C=O) groups excluding carboxylic acids is 1. The molecule has 4 N–H and O–H groups in total. The second-order valence-corrected chi connectivity index (χ2v) is 9.34. The zero-order chi connectivity index (χ0) is 27.4. The predicted molar refractivity (Wildman–Crippen MR) is 152 cm³/mol. The van der Waals surface area contributed by atoms with Crippen LogP contribution in [-0.4, -0.2) is 42.1 Å². The van der Waals surface area contributed by atoms with Crippen molar-refractivity contribution in [2.45, 2.75) is 19.4 Å². The van der Waals surface area contributed by atoms with E-state index in [4.69, 9.17) is 0 Å². The van der Waals surface area contributed by atoms with Gasteiger partial charge < -0.3 is 25.6 Å². The molecule has 10 heteroatoms. The first-order valence-corrected chi connectivity index (χ1v) is 12.3. The van der Waals surface area contributed by atoms with E-state index in [0.29, 0.717) is 24.0 Å². The first kappa shape index (κ1) is 25.6. The quantitative estimate of drug-likeness (QED) is 0.203. The Morgan fingerprint density at radius 2 is 1.90 bits per heavy atom. The standard InChI is InChI=1S/C29H28N8O2/c1-4-13-31-27(38)22-18-32-28(36-26(22)35-25-7-5-6-24(34-25)29(2,3)39)33-20-8-9-23-19(17-20)12-16-37(23)21-10-14-30-15-11-21/h4-12,14-18,39H,1,13H2,2-3H3,(H,31,38)(H2,32,33,34,35,36). The van der Waals surface area contributed by atoms with Crippen LogP contribution in [0.5, 0.6) is 0 Å². The van der Waals surface area contributed by atoms with Crippen LogP contribution in [0.4, 0.5) is 23.3 Å². The molecule has 0 spiro atoms. The lowest BCUT2D eigenvalue weighted by Gasteiger charge is -2.18. The molecular weight excluding hydrogens is 492 g/mol. The third kappa shape index (κ3) is 5.76. The maximum atomic E-state index is 12.8. The van der Waals surface area contributed by atoms with Crippen LogP contribution < -0.4 is 16.0 Å². The number of aliphatic hydroxyl groups is 1. The molecule has 0 aliphatic carbocycles. The van der Waals surface area contributed by atoms with E-state index in [9.17, 15) is 9.90 Å². The molecule has 0 fully saturated rings. The number of aromatic nitrogens is 5. The fourth-order valence-corrected chi connectivity index (χ4v) is 4.01. The van der Waals surface area contributed by atoms with Crippen molar-refractivity contribution in [1.29, 1.82) is 0 Å². The molecule has 1 amide bonds. The summed E-state index contributed by atoms with van der Waals surface area (Å²) in [5.74, 6) is 0.626. The molecule has 10 nitrogen and oxygen atoms in total. The van der Waals surface area contributed by atoms with Crippen molar-refractivity contribution in [1.82, 2.24) is 29.8 Å². The van der Waals surface area contributed by atoms with Gasteiger partial charge in [-0.05, 0) is 62.4 Å². The summed E-state index contributed by atoms with van der Waals surface area (Å²) in [7, 11) is 0. The van der Waals surface area contributed by atoms with Crippen molar-refractivity contribution in [3.05, 3.63) is 103 Å². The van der Waals surface area contributed by atoms with Gasteiger partial charge in [0.05, 0.1) is 11.2 Å². The molecule has 0 atom stereocenters. The average Bonchev–Trinajstić information content (AvgIpc) is 3.35. The number of rotatable bonds is 9. The van der Waals surface area contributed by atoms with Gasteiger partial charge >= 0.3 is 0 Å². The highest BCUT2D eigenvalue weighted by Gasteiger charge is 2.19. The van der Waals surface area contributed by atoms with Crippen LogP contribution in [0.1, 0.15) is 29.9 Å². The van der Waals surface area contributed by atoms with Crippen molar-refractivity contribution in [2.75, 3.05) is 17.2 Å². The van der Waals surface area contributed by atoms with Gasteiger partial charge in [0.1, 0.15) is 22.8 Å². The SMILES string of the molecule is C=CCNC(=O)c1cnc(Nc2ccc3c(ccn3-c3ccncc3)c2)nc1Nc1cccc(C(C)(C)O)n1. The van der Waals surface area contributed by atoms with Crippen LogP contribution in [0.2, 0.25) is 0 Å². The predicted octanol–water partition coefficient (Wildman–Crippen LogP) is 4.84. The second kappa shape index (κ2) is 10.7. The average molecular weight is 521 g/mol. The summed E-state index contributed by atoms with van der Waals surface area (Å²) in [4.78, 5) is 30.3. The molecule has 0 saturated heterocycles. The van der Waals surface area contributed by atoms with Crippen LogP contribution in [-0.2, 0) is 5.60 Å². The zero-order valence-electron chi connectivity index (χ0n) is 21.6. The van der Waals surface area contributed by atoms with Crippen LogP contribution in [0.15, 0.2) is 92.0 Å². The summed E-state index contributed by atoms with van der Waals surface area (Å²) < 4.78 is 2.09. The Morgan fingerprint density at radius 1 is 1.08 bits per heavy atom. The van der Waals surface area contributed by atoms with E-state index < -0.39 is 5.60 Å². The Kier molecular flexibility index (Phi) is 7.02. The molecule has 5 rings (SSSR count). The van der Waals surface area contributed by atoms with E-state index in [1.54, 1.807) is 50.5 Å². The van der Waals surface area contributed by atoms with Crippen molar-refractivity contribution in [2.24, 2.45) is 0 Å². The Bertz CT molecular complexity index is 1640. The monoisotopic (exact) mass is 520 g/mol. The highest BCUT2D eigenvalue weighted by molar-refractivity contribution is 5.99. The lowest BCUT2D eigenvalue weighted by atomic mass is 10.1. The minimum absolute atomic E-state index is 0.239. The molecule has 0 aliphatic heterocycles. The van der Waals surface area contributed by atoms with E-state index in [1.165, 1.54) is 6.20 Å². The summed E-state index contributed by atoms with van der Waals surface area (Å²) in [6.07, 6.45) is 8.58. The third-order valence-corrected chi connectivity index (χ3v) is 5.95. The lowest BCUT2D eigenvalue weighted by molar-refractivity contribution is 0.0740. The zero-order valence-corrected chi connectivity index (χ0v) is 21.6. The topological polar surface area (TPSA) is 130 Å². The van der Waals surface area contributed by atoms with Crippen LogP contribution in [0.25, 0.3) is 16.6 Å². The molecule has 0 radical (unpaired) electrons. The molecule has 0 saturated carbocycles. The number of amides is 1. The number of nitrogens with zero attached hydrogens (tertiary/aromatic N) is 5. The molecule has 196 valence electrons. The van der Waals surface area contributed by atoms with Gasteiger partial charge in [0.2, 0.25) is 5.95 Å². The largest absolute Gasteiger partial charge is 0.384 e. The summed E-state index contributed by atoms with van der Waals surface area (Å²) in [5, 5.41) is 20.5. The number of fused-ring (bicyclic) bond motifs is 1. The molecule has 5 aromatic rings. The Balaban J connectivity index is 1.45. The third-order valence-electron chi connectivity index (χ3n) is 5.95. The second-order valence-electron chi connectivity index (χ2n) is 9.34. The van der Waals surface area contributed by atoms with Gasteiger partial charge in [0.25, 0.3) is 5.91 Å². The van der Waals surface area contributed by atoms with Gasteiger partial charge in [-0.15, -0.1) is 6.58 Å². The van der Waals surface area contributed by atoms with E-state index in [1.807, 2.05) is 42.6 Å². The Hall–Kier alpha value is -5.09. The fraction of sp³-hybridized carbons (Fsp3) is 0.138. The molecule has 0 bridgehead atoms. The highest BCUT2D eigenvalue weighted by atomic mass is 16.3. The number of nitrogens with one attached hydrogen (secondary N) is 3. The van der Waals surface area contributed by atoms with Gasteiger partial charge in [0.15, 0.2) is 0 Å². The van der Waals surface area contributed by atoms with Gasteiger partial charge in [-0.2, -0.15) is 4.98 Å². The van der Waals surface area contributed by atoms with Crippen LogP contribution in [0, 0.1) is 0 Å². The van der Waals surface area contributed by atoms with Gasteiger partial charge in [-0.25, -0.2) is 9.97 Å². The van der Waals surface area contributed by atoms with Crippen molar-refractivity contribution >= 4 is 40.1 Å². The summed E-state index contributed by atoms with van der Waals surface area (Å²) >= 11 is 0. The van der Waals surface area contributed by atoms with E-state index in [0.717, 1.165) is 22.3 Å². The minimum Gasteiger partial charge on any atom is -0.384 e. The lowest BCUT2D eigenvalue weighted by Crippen LogP contribution is -2.25. The maximum absolute atomic E-state index is 12.8. The Labute approximate surface area is 225 Å². The molecule has 0 unspecified atom stereocenters. The van der Waals surface area contributed by atoms with Crippen molar-refractivity contribution in [3.8, 4) is 5.69 Å². The van der Waals surface area contributed by atoms with E-state index in [-0.39, 0.29) is 17.3 Å². The number of pyridine rings is 2. The smallest absolute Gasteiger partial charge is 0.256 e. The van der Waals surface area contributed by atoms with Gasteiger partial charge in [0, 0.05) is 48.1 Å². The number of anilines is 4. The molecular formula is C29H28N8O2. The molecule has 4 aromatic heterocycles. The van der Waals surface area contributed by atoms with Gasteiger partial charge in [-0.3, -0.25) is 9.78 Å². The first-order chi connectivity index (χ1) is 18.8. The molecule has 1 aromatic carbocycles. The number of hydrogen-bond donors (Lipinski definition) is 4. The minimum atomic E-state index is -1.13. The van der Waals surface area contributed by atoms with Gasteiger partial charge in [-0.1, -0.05) is 12.1 Å². The molecule has 39 heavy (non-hydrogen) atoms. The highest BCUT2D eigenvalue weighted by Crippen LogP contribution is 2.27. The molecule has 4 heterocycles. The number of benzene rings is 1. The fourth-order valence-electron chi connectivity index (χ4n) is 4.01. The maximum Gasteiger partial charge on any atom is 0.256 e. The Morgan fingerprint density at radius 3 is 2.67 bits per heavy atom. The number of hydrogen-bond acceptors (Lipinski definition) is 8.